The monoisotopic (exact) mass is 379 g/mol. The number of carbonyl (C=O) groups is 1. The SMILES string of the molecule is CCCCc1c(CCC)c(CCC)n(C(=O)OC(C)(C)C)c1[Si](C)(C)C. The first-order valence-corrected chi connectivity index (χ1v) is 14.0. The maximum Gasteiger partial charge on any atom is 0.418 e. The van der Waals surface area contributed by atoms with Gasteiger partial charge in [0.15, 0.2) is 0 Å². The lowest BCUT2D eigenvalue weighted by molar-refractivity contribution is 0.0537. The number of rotatable bonds is 8. The predicted molar refractivity (Wildman–Crippen MR) is 116 cm³/mol. The van der Waals surface area contributed by atoms with Gasteiger partial charge in [0.1, 0.15) is 5.60 Å². The normalized spacial score (nSPS) is 12.5. The van der Waals surface area contributed by atoms with Crippen molar-refractivity contribution in [3.8, 4) is 0 Å². The zero-order valence-electron chi connectivity index (χ0n) is 18.7. The van der Waals surface area contributed by atoms with Crippen molar-refractivity contribution in [3.05, 3.63) is 16.8 Å². The van der Waals surface area contributed by atoms with E-state index in [-0.39, 0.29) is 6.09 Å². The highest BCUT2D eigenvalue weighted by atomic mass is 28.3. The van der Waals surface area contributed by atoms with Gasteiger partial charge in [0.25, 0.3) is 0 Å². The Kier molecular flexibility index (Phi) is 8.19. The van der Waals surface area contributed by atoms with Crippen LogP contribution in [-0.4, -0.2) is 24.3 Å². The van der Waals surface area contributed by atoms with Crippen LogP contribution in [0.2, 0.25) is 19.6 Å². The second-order valence-electron chi connectivity index (χ2n) is 9.42. The van der Waals surface area contributed by atoms with Crippen LogP contribution in [0.15, 0.2) is 0 Å². The third-order valence-electron chi connectivity index (χ3n) is 4.55. The Morgan fingerprint density at radius 2 is 1.50 bits per heavy atom. The van der Waals surface area contributed by atoms with Crippen molar-refractivity contribution in [3.63, 3.8) is 0 Å². The first-order chi connectivity index (χ1) is 12.0. The zero-order chi connectivity index (χ0) is 20.1. The lowest BCUT2D eigenvalue weighted by Gasteiger charge is -2.26. The van der Waals surface area contributed by atoms with Gasteiger partial charge in [0.2, 0.25) is 0 Å². The Morgan fingerprint density at radius 3 is 1.92 bits per heavy atom. The van der Waals surface area contributed by atoms with Crippen LogP contribution in [0.1, 0.15) is 84.0 Å². The Morgan fingerprint density at radius 1 is 0.923 bits per heavy atom. The number of nitrogens with zero attached hydrogens (tertiary/aromatic N) is 1. The number of hydrogen-bond acceptors (Lipinski definition) is 2. The molecule has 1 heterocycles. The molecule has 0 amide bonds. The highest BCUT2D eigenvalue weighted by molar-refractivity contribution is 6.88. The molecule has 0 unspecified atom stereocenters. The summed E-state index contributed by atoms with van der Waals surface area (Å²) in [7, 11) is -1.72. The van der Waals surface area contributed by atoms with Gasteiger partial charge in [-0.1, -0.05) is 59.7 Å². The van der Waals surface area contributed by atoms with Crippen molar-refractivity contribution < 1.29 is 9.53 Å². The van der Waals surface area contributed by atoms with Gasteiger partial charge in [-0.2, -0.15) is 0 Å². The van der Waals surface area contributed by atoms with Crippen molar-refractivity contribution in [2.45, 2.75) is 112 Å². The van der Waals surface area contributed by atoms with E-state index in [4.69, 9.17) is 4.74 Å². The first kappa shape index (κ1) is 23.0. The molecule has 0 saturated carbocycles. The quantitative estimate of drug-likeness (QED) is 0.514. The summed E-state index contributed by atoms with van der Waals surface area (Å²) in [6.07, 6.45) is 7.41. The van der Waals surface area contributed by atoms with Crippen LogP contribution in [0.5, 0.6) is 0 Å². The molecule has 0 saturated heterocycles. The van der Waals surface area contributed by atoms with Gasteiger partial charge in [-0.3, -0.25) is 4.57 Å². The number of aromatic nitrogens is 1. The zero-order valence-corrected chi connectivity index (χ0v) is 19.7. The van der Waals surface area contributed by atoms with Crippen molar-refractivity contribution in [1.29, 1.82) is 0 Å². The Hall–Kier alpha value is -1.03. The molecule has 0 bridgehead atoms. The molecular formula is C22H41NO2Si. The average molecular weight is 380 g/mol. The molecule has 0 aliphatic rings. The van der Waals surface area contributed by atoms with Gasteiger partial charge in [-0.15, -0.1) is 0 Å². The summed E-state index contributed by atoms with van der Waals surface area (Å²) in [6, 6.07) is 0. The highest BCUT2D eigenvalue weighted by Gasteiger charge is 2.34. The largest absolute Gasteiger partial charge is 0.443 e. The fourth-order valence-electron chi connectivity index (χ4n) is 3.69. The topological polar surface area (TPSA) is 31.2 Å². The van der Waals surface area contributed by atoms with Crippen molar-refractivity contribution in [2.75, 3.05) is 0 Å². The Labute approximate surface area is 162 Å². The fourth-order valence-corrected chi connectivity index (χ4v) is 5.76. The van der Waals surface area contributed by atoms with Crippen LogP contribution in [0, 0.1) is 0 Å². The Balaban J connectivity index is 3.72. The maximum atomic E-state index is 13.2. The van der Waals surface area contributed by atoms with E-state index in [2.05, 4.69) is 40.4 Å². The Bertz CT molecular complexity index is 603. The number of unbranched alkanes of at least 4 members (excludes halogenated alkanes) is 1. The van der Waals surface area contributed by atoms with Gasteiger partial charge >= 0.3 is 6.09 Å². The minimum atomic E-state index is -1.72. The van der Waals surface area contributed by atoms with Crippen LogP contribution in [0.4, 0.5) is 4.79 Å². The molecular weight excluding hydrogens is 338 g/mol. The van der Waals surface area contributed by atoms with Crippen LogP contribution < -0.4 is 5.32 Å². The average Bonchev–Trinajstić information content (AvgIpc) is 2.78. The van der Waals surface area contributed by atoms with Gasteiger partial charge in [0.05, 0.1) is 8.07 Å². The van der Waals surface area contributed by atoms with E-state index in [0.29, 0.717) is 0 Å². The summed E-state index contributed by atoms with van der Waals surface area (Å²) in [6.45, 7) is 19.6. The van der Waals surface area contributed by atoms with Crippen LogP contribution in [-0.2, 0) is 24.0 Å². The number of carbonyl (C=O) groups excluding carboxylic acids is 1. The smallest absolute Gasteiger partial charge is 0.418 e. The summed E-state index contributed by atoms with van der Waals surface area (Å²) in [5.41, 5.74) is 3.64. The predicted octanol–water partition coefficient (Wildman–Crippen LogP) is 6.06. The van der Waals surface area contributed by atoms with Crippen LogP contribution in [0.3, 0.4) is 0 Å². The highest BCUT2D eigenvalue weighted by Crippen LogP contribution is 2.26. The van der Waals surface area contributed by atoms with E-state index < -0.39 is 13.7 Å². The number of ether oxygens (including phenoxy) is 1. The molecule has 0 N–H and O–H groups in total. The third kappa shape index (κ3) is 5.73. The van der Waals surface area contributed by atoms with Gasteiger partial charge in [0, 0.05) is 11.0 Å². The van der Waals surface area contributed by atoms with Gasteiger partial charge in [-0.05, 0) is 57.6 Å². The van der Waals surface area contributed by atoms with Crippen molar-refractivity contribution in [1.82, 2.24) is 4.57 Å². The molecule has 0 aliphatic heterocycles. The molecule has 0 aliphatic carbocycles. The minimum absolute atomic E-state index is 0.182. The summed E-state index contributed by atoms with van der Waals surface area (Å²) < 4.78 is 7.84. The van der Waals surface area contributed by atoms with Crippen LogP contribution >= 0.6 is 0 Å². The molecule has 150 valence electrons. The molecule has 0 spiro atoms. The lowest BCUT2D eigenvalue weighted by Crippen LogP contribution is -2.48. The molecule has 0 fully saturated rings. The molecule has 1 aromatic rings. The van der Waals surface area contributed by atoms with Gasteiger partial charge in [-0.25, -0.2) is 4.79 Å². The van der Waals surface area contributed by atoms with E-state index in [0.717, 1.165) is 32.1 Å². The molecule has 0 aromatic carbocycles. The van der Waals surface area contributed by atoms with Gasteiger partial charge < -0.3 is 4.74 Å². The summed E-state index contributed by atoms with van der Waals surface area (Å²) in [5.74, 6) is 0. The fraction of sp³-hybridized carbons (Fsp3) is 0.773. The molecule has 0 atom stereocenters. The summed E-state index contributed by atoms with van der Waals surface area (Å²) in [5, 5.41) is 1.30. The molecule has 26 heavy (non-hydrogen) atoms. The van der Waals surface area contributed by atoms with E-state index in [9.17, 15) is 4.79 Å². The molecule has 0 radical (unpaired) electrons. The third-order valence-corrected chi connectivity index (χ3v) is 6.49. The molecule has 1 rings (SSSR count). The second-order valence-corrected chi connectivity index (χ2v) is 14.4. The molecule has 3 nitrogen and oxygen atoms in total. The van der Waals surface area contributed by atoms with E-state index in [1.54, 1.807) is 0 Å². The van der Waals surface area contributed by atoms with E-state index in [1.807, 2.05) is 25.3 Å². The standard InChI is InChI=1S/C22H41NO2Si/c1-10-13-16-18-17(14-11-2)19(15-12-3)23(20(18)26(7,8)9)21(24)25-22(4,5)6/h10-16H2,1-9H3. The lowest BCUT2D eigenvalue weighted by atomic mass is 9.99. The summed E-state index contributed by atoms with van der Waals surface area (Å²) in [4.78, 5) is 13.2. The van der Waals surface area contributed by atoms with Crippen LogP contribution in [0.25, 0.3) is 0 Å². The maximum absolute atomic E-state index is 13.2. The summed E-state index contributed by atoms with van der Waals surface area (Å²) >= 11 is 0. The minimum Gasteiger partial charge on any atom is -0.443 e. The number of hydrogen-bond donors (Lipinski definition) is 0. The van der Waals surface area contributed by atoms with E-state index in [1.165, 1.54) is 35.0 Å². The van der Waals surface area contributed by atoms with Crippen molar-refractivity contribution in [2.24, 2.45) is 0 Å². The second kappa shape index (κ2) is 9.25. The first-order valence-electron chi connectivity index (χ1n) is 10.5. The molecule has 4 heteroatoms. The molecule has 1 aromatic heterocycles. The van der Waals surface area contributed by atoms with Crippen molar-refractivity contribution >= 4 is 19.5 Å². The van der Waals surface area contributed by atoms with E-state index >= 15 is 0 Å².